The van der Waals surface area contributed by atoms with Gasteiger partial charge in [-0.15, -0.1) is 0 Å². The van der Waals surface area contributed by atoms with E-state index in [-0.39, 0.29) is 11.5 Å². The first kappa shape index (κ1) is 21.0. The van der Waals surface area contributed by atoms with Crippen LogP contribution in [0.5, 0.6) is 0 Å². The van der Waals surface area contributed by atoms with Crippen molar-refractivity contribution in [2.75, 3.05) is 13.1 Å². The van der Waals surface area contributed by atoms with Crippen LogP contribution in [-0.4, -0.2) is 43.6 Å². The van der Waals surface area contributed by atoms with E-state index in [9.17, 15) is 9.90 Å². The van der Waals surface area contributed by atoms with Crippen LogP contribution in [0.15, 0.2) is 59.7 Å². The summed E-state index contributed by atoms with van der Waals surface area (Å²) in [6.45, 7) is 6.02. The number of hydrogen-bond donors (Lipinski definition) is 2. The lowest BCUT2D eigenvalue weighted by atomic mass is 10.0. The summed E-state index contributed by atoms with van der Waals surface area (Å²) in [7, 11) is 0. The molecule has 0 aliphatic carbocycles. The van der Waals surface area contributed by atoms with Crippen molar-refractivity contribution in [3.63, 3.8) is 0 Å². The lowest BCUT2D eigenvalue weighted by Crippen LogP contribution is -2.20. The Morgan fingerprint density at radius 2 is 1.94 bits per heavy atom. The summed E-state index contributed by atoms with van der Waals surface area (Å²) in [5.41, 5.74) is 2.69. The second-order valence-corrected chi connectivity index (χ2v) is 8.48. The lowest BCUT2D eigenvalue weighted by Gasteiger charge is -2.16. The summed E-state index contributed by atoms with van der Waals surface area (Å²) >= 11 is 0. The fourth-order valence-corrected chi connectivity index (χ4v) is 3.73. The third-order valence-corrected chi connectivity index (χ3v) is 5.28. The van der Waals surface area contributed by atoms with Crippen molar-refractivity contribution in [3.05, 3.63) is 82.0 Å². The molecular weight excluding hydrogens is 388 g/mol. The van der Waals surface area contributed by atoms with E-state index >= 15 is 0 Å². The zero-order valence-corrected chi connectivity index (χ0v) is 17.8. The van der Waals surface area contributed by atoms with Gasteiger partial charge in [0.1, 0.15) is 11.4 Å². The molecule has 0 radical (unpaired) electrons. The van der Waals surface area contributed by atoms with Gasteiger partial charge < -0.3 is 10.1 Å². The van der Waals surface area contributed by atoms with E-state index < -0.39 is 5.60 Å². The quantitative estimate of drug-likeness (QED) is 0.642. The van der Waals surface area contributed by atoms with Crippen LogP contribution in [0.25, 0.3) is 11.4 Å². The molecule has 2 aromatic heterocycles. The van der Waals surface area contributed by atoms with Crippen LogP contribution in [0.3, 0.4) is 0 Å². The average Bonchev–Trinajstić information content (AvgIpc) is 3.21. The molecule has 1 atom stereocenters. The summed E-state index contributed by atoms with van der Waals surface area (Å²) in [5, 5.41) is 9.73. The highest BCUT2D eigenvalue weighted by atomic mass is 16.3. The average molecular weight is 415 g/mol. The van der Waals surface area contributed by atoms with Gasteiger partial charge in [0, 0.05) is 48.6 Å². The maximum Gasteiger partial charge on any atom is 0.251 e. The number of likely N-dealkylation sites (tertiary alicyclic amines) is 1. The van der Waals surface area contributed by atoms with Crippen molar-refractivity contribution < 1.29 is 5.11 Å². The van der Waals surface area contributed by atoms with E-state index in [1.54, 1.807) is 32.3 Å². The minimum Gasteiger partial charge on any atom is -0.378 e. The van der Waals surface area contributed by atoms with Crippen LogP contribution >= 0.6 is 0 Å². The van der Waals surface area contributed by atoms with Crippen LogP contribution < -0.4 is 5.56 Å². The van der Waals surface area contributed by atoms with Gasteiger partial charge in [0.15, 0.2) is 0 Å². The molecule has 158 valence electrons. The van der Waals surface area contributed by atoms with Crippen molar-refractivity contribution in [2.24, 2.45) is 0 Å². The molecular formula is C25H26N4O2. The molecule has 6 nitrogen and oxygen atoms in total. The van der Waals surface area contributed by atoms with E-state index in [1.807, 2.05) is 24.3 Å². The van der Waals surface area contributed by atoms with Gasteiger partial charge in [-0.2, -0.15) is 0 Å². The molecule has 0 amide bonds. The lowest BCUT2D eigenvalue weighted by molar-refractivity contribution is 0.143. The van der Waals surface area contributed by atoms with Crippen molar-refractivity contribution in [1.29, 1.82) is 0 Å². The van der Waals surface area contributed by atoms with Crippen LogP contribution in [0.4, 0.5) is 0 Å². The minimum absolute atomic E-state index is 0.127. The number of H-pyrrole nitrogens is 1. The normalized spacial score (nSPS) is 16.7. The highest BCUT2D eigenvalue weighted by Crippen LogP contribution is 2.27. The van der Waals surface area contributed by atoms with Gasteiger partial charge in [0.25, 0.3) is 5.56 Å². The number of rotatable bonds is 4. The molecule has 0 spiro atoms. The first-order valence-electron chi connectivity index (χ1n) is 10.4. The molecule has 1 aliphatic rings. The van der Waals surface area contributed by atoms with Gasteiger partial charge in [-0.1, -0.05) is 24.0 Å². The standard InChI is InChI=1S/C25H26N4O2/c1-25(2,31)11-7-18-3-5-19(6-4-18)16-29-14-10-21(17-29)22-15-23(30)28-24(27-22)20-8-12-26-13-9-20/h3-6,8-9,12-13,15,21,31H,10,14,16-17H2,1-2H3,(H,27,28,30)/t21-/m1/s1. The summed E-state index contributed by atoms with van der Waals surface area (Å²) in [6.07, 6.45) is 4.36. The van der Waals surface area contributed by atoms with Crippen molar-refractivity contribution in [2.45, 2.75) is 38.3 Å². The van der Waals surface area contributed by atoms with Crippen molar-refractivity contribution >= 4 is 0 Å². The Morgan fingerprint density at radius 3 is 2.65 bits per heavy atom. The molecule has 0 bridgehead atoms. The Morgan fingerprint density at radius 1 is 1.19 bits per heavy atom. The fourth-order valence-electron chi connectivity index (χ4n) is 3.73. The van der Waals surface area contributed by atoms with Crippen LogP contribution in [0, 0.1) is 11.8 Å². The number of aliphatic hydroxyl groups is 1. The van der Waals surface area contributed by atoms with E-state index in [2.05, 4.69) is 38.8 Å². The van der Waals surface area contributed by atoms with E-state index in [1.165, 1.54) is 5.56 Å². The number of nitrogens with zero attached hydrogens (tertiary/aromatic N) is 3. The third kappa shape index (κ3) is 5.66. The van der Waals surface area contributed by atoms with Crippen LogP contribution in [0.2, 0.25) is 0 Å². The number of nitrogens with one attached hydrogen (secondary N) is 1. The molecule has 6 heteroatoms. The van der Waals surface area contributed by atoms with E-state index in [0.29, 0.717) is 5.82 Å². The van der Waals surface area contributed by atoms with Gasteiger partial charge in [-0.25, -0.2) is 4.98 Å². The van der Waals surface area contributed by atoms with Crippen LogP contribution in [-0.2, 0) is 6.54 Å². The maximum absolute atomic E-state index is 12.2. The van der Waals surface area contributed by atoms with Crippen molar-refractivity contribution in [1.82, 2.24) is 19.9 Å². The second-order valence-electron chi connectivity index (χ2n) is 8.48. The summed E-state index contributed by atoms with van der Waals surface area (Å²) in [4.78, 5) is 26.2. The zero-order chi connectivity index (χ0) is 21.8. The molecule has 0 saturated carbocycles. The Balaban J connectivity index is 1.42. The third-order valence-electron chi connectivity index (χ3n) is 5.28. The van der Waals surface area contributed by atoms with Crippen LogP contribution in [0.1, 0.15) is 43.0 Å². The van der Waals surface area contributed by atoms with Gasteiger partial charge in [-0.05, 0) is 56.6 Å². The molecule has 1 fully saturated rings. The molecule has 31 heavy (non-hydrogen) atoms. The topological polar surface area (TPSA) is 82.1 Å². The van der Waals surface area contributed by atoms with Crippen molar-refractivity contribution in [3.8, 4) is 23.2 Å². The van der Waals surface area contributed by atoms with Gasteiger partial charge in [0.05, 0.1) is 5.69 Å². The predicted octanol–water partition coefficient (Wildman–Crippen LogP) is 2.94. The number of benzene rings is 1. The molecule has 0 unspecified atom stereocenters. The molecule has 2 N–H and O–H groups in total. The molecule has 4 rings (SSSR count). The summed E-state index contributed by atoms with van der Waals surface area (Å²) in [6, 6.07) is 13.4. The van der Waals surface area contributed by atoms with Gasteiger partial charge in [0.2, 0.25) is 0 Å². The fraction of sp³-hybridized carbons (Fsp3) is 0.320. The Labute approximate surface area is 182 Å². The highest BCUT2D eigenvalue weighted by molar-refractivity contribution is 5.53. The molecule has 3 heterocycles. The number of hydrogen-bond acceptors (Lipinski definition) is 5. The largest absolute Gasteiger partial charge is 0.378 e. The Hall–Kier alpha value is -3.27. The second kappa shape index (κ2) is 8.84. The predicted molar refractivity (Wildman–Crippen MR) is 120 cm³/mol. The minimum atomic E-state index is -0.992. The SMILES string of the molecule is CC(C)(O)C#Cc1ccc(CN2CC[C@@H](c3cc(=O)[nH]c(-c4ccncc4)n3)C2)cc1. The smallest absolute Gasteiger partial charge is 0.251 e. The molecule has 3 aromatic rings. The van der Waals surface area contributed by atoms with E-state index in [0.717, 1.165) is 42.9 Å². The Kier molecular flexibility index (Phi) is 5.99. The molecule has 1 aliphatic heterocycles. The zero-order valence-electron chi connectivity index (χ0n) is 17.8. The number of aromatic amines is 1. The molecule has 1 aromatic carbocycles. The van der Waals surface area contributed by atoms with Gasteiger partial charge >= 0.3 is 0 Å². The number of aromatic nitrogens is 3. The highest BCUT2D eigenvalue weighted by Gasteiger charge is 2.25. The molecule has 1 saturated heterocycles. The maximum atomic E-state index is 12.2. The Bertz CT molecular complexity index is 1150. The monoisotopic (exact) mass is 414 g/mol. The van der Waals surface area contributed by atoms with Gasteiger partial charge in [-0.3, -0.25) is 14.7 Å². The van der Waals surface area contributed by atoms with E-state index in [4.69, 9.17) is 4.98 Å². The summed E-state index contributed by atoms with van der Waals surface area (Å²) in [5.74, 6) is 6.66. The first-order chi connectivity index (χ1) is 14.9. The first-order valence-corrected chi connectivity index (χ1v) is 10.4. The summed E-state index contributed by atoms with van der Waals surface area (Å²) < 4.78 is 0. The number of pyridine rings is 1.